The van der Waals surface area contributed by atoms with Crippen LogP contribution in [0, 0.1) is 23.0 Å². The zero-order valence-electron chi connectivity index (χ0n) is 21.4. The molecular weight excluding hydrogens is 524 g/mol. The Morgan fingerprint density at radius 2 is 1.97 bits per heavy atom. The standard InChI is InChI=1S/C28H28ClF2N7O/c1-2-37-27-22(11-18(29)15-36-27)21-6-5-17(14-32)10-25(21)38(28(37)39)26-23(30)12-20(13-24(26)31)35-9-8-33-16-19-4-3-7-34-19/h5-6,10-13,15,19,33-35H,2-4,7-9,16H2,1H3. The summed E-state index contributed by atoms with van der Waals surface area (Å²) in [5.41, 5.74) is 1.08. The third kappa shape index (κ3) is 5.39. The SMILES string of the molecule is CCN1C(=O)N(c2c(F)cc(NCCNCC3CCCN3)cc2F)c2cc(C#N)ccc2-c2cc(Cl)cnc21. The molecule has 0 aliphatic carbocycles. The van der Waals surface area contributed by atoms with Crippen molar-refractivity contribution in [1.82, 2.24) is 15.6 Å². The van der Waals surface area contributed by atoms with E-state index in [2.05, 4.69) is 20.9 Å². The smallest absolute Gasteiger partial charge is 0.334 e. The molecule has 0 spiro atoms. The summed E-state index contributed by atoms with van der Waals surface area (Å²) in [6.07, 6.45) is 3.72. The summed E-state index contributed by atoms with van der Waals surface area (Å²) in [7, 11) is 0. The van der Waals surface area contributed by atoms with Crippen LogP contribution in [0.1, 0.15) is 25.3 Å². The number of benzene rings is 2. The molecule has 1 atom stereocenters. The van der Waals surface area contributed by atoms with Crippen molar-refractivity contribution < 1.29 is 13.6 Å². The van der Waals surface area contributed by atoms with Crippen molar-refractivity contribution in [2.24, 2.45) is 0 Å². The highest BCUT2D eigenvalue weighted by Gasteiger charge is 2.36. The maximum atomic E-state index is 15.7. The summed E-state index contributed by atoms with van der Waals surface area (Å²) in [4.78, 5) is 20.5. The molecule has 0 bridgehead atoms. The van der Waals surface area contributed by atoms with Gasteiger partial charge in [-0.3, -0.25) is 9.80 Å². The van der Waals surface area contributed by atoms with Gasteiger partial charge in [-0.05, 0) is 56.6 Å². The van der Waals surface area contributed by atoms with Crippen LogP contribution < -0.4 is 25.8 Å². The molecule has 2 aromatic carbocycles. The second kappa shape index (κ2) is 11.5. The van der Waals surface area contributed by atoms with Crippen molar-refractivity contribution in [1.29, 1.82) is 5.26 Å². The molecule has 202 valence electrons. The lowest BCUT2D eigenvalue weighted by molar-refractivity contribution is 0.253. The Morgan fingerprint density at radius 3 is 2.67 bits per heavy atom. The van der Waals surface area contributed by atoms with Gasteiger partial charge in [-0.25, -0.2) is 18.6 Å². The van der Waals surface area contributed by atoms with Crippen molar-refractivity contribution in [2.75, 3.05) is 47.8 Å². The molecule has 0 radical (unpaired) electrons. The number of urea groups is 1. The van der Waals surface area contributed by atoms with E-state index < -0.39 is 23.4 Å². The number of nitrogens with zero attached hydrogens (tertiary/aromatic N) is 4. The monoisotopic (exact) mass is 551 g/mol. The fourth-order valence-corrected chi connectivity index (χ4v) is 5.22. The van der Waals surface area contributed by atoms with E-state index >= 15 is 8.78 Å². The van der Waals surface area contributed by atoms with Crippen LogP contribution in [0.5, 0.6) is 0 Å². The van der Waals surface area contributed by atoms with E-state index in [0.29, 0.717) is 41.1 Å². The first-order chi connectivity index (χ1) is 18.9. The molecule has 2 aliphatic rings. The van der Waals surface area contributed by atoms with Gasteiger partial charge >= 0.3 is 6.03 Å². The minimum Gasteiger partial charge on any atom is -0.384 e. The zero-order chi connectivity index (χ0) is 27.5. The number of rotatable bonds is 8. The molecule has 1 unspecified atom stereocenters. The summed E-state index contributed by atoms with van der Waals surface area (Å²) in [5, 5.41) is 19.7. The van der Waals surface area contributed by atoms with Crippen LogP contribution >= 0.6 is 11.6 Å². The number of pyridine rings is 1. The highest BCUT2D eigenvalue weighted by molar-refractivity contribution is 6.31. The van der Waals surface area contributed by atoms with E-state index in [4.69, 9.17) is 11.6 Å². The number of halogens is 3. The van der Waals surface area contributed by atoms with Crippen molar-refractivity contribution in [3.63, 3.8) is 0 Å². The second-order valence-electron chi connectivity index (χ2n) is 9.44. The number of anilines is 4. The molecule has 5 rings (SSSR count). The third-order valence-electron chi connectivity index (χ3n) is 6.91. The van der Waals surface area contributed by atoms with Crippen LogP contribution in [0.15, 0.2) is 42.6 Å². The summed E-state index contributed by atoms with van der Waals surface area (Å²) >= 11 is 6.23. The Hall–Kier alpha value is -3.78. The first-order valence-corrected chi connectivity index (χ1v) is 13.3. The van der Waals surface area contributed by atoms with Crippen molar-refractivity contribution >= 4 is 40.5 Å². The second-order valence-corrected chi connectivity index (χ2v) is 9.88. The van der Waals surface area contributed by atoms with Crippen molar-refractivity contribution in [2.45, 2.75) is 25.8 Å². The highest BCUT2D eigenvalue weighted by Crippen LogP contribution is 2.45. The number of aromatic nitrogens is 1. The molecule has 1 aromatic heterocycles. The van der Waals surface area contributed by atoms with Crippen molar-refractivity contribution in [3.8, 4) is 17.2 Å². The lowest BCUT2D eigenvalue weighted by atomic mass is 10.0. The Balaban J connectivity index is 1.48. The number of carbonyl (C=O) groups is 1. The lowest BCUT2D eigenvalue weighted by Gasteiger charge is -2.28. The predicted octanol–water partition coefficient (Wildman–Crippen LogP) is 5.40. The number of fused-ring (bicyclic) bond motifs is 3. The molecule has 1 saturated heterocycles. The van der Waals surface area contributed by atoms with Gasteiger partial charge in [-0.1, -0.05) is 17.7 Å². The number of amides is 2. The zero-order valence-corrected chi connectivity index (χ0v) is 22.2. The van der Waals surface area contributed by atoms with Gasteiger partial charge in [0.1, 0.15) is 11.5 Å². The van der Waals surface area contributed by atoms with E-state index in [9.17, 15) is 10.1 Å². The van der Waals surface area contributed by atoms with Gasteiger partial charge < -0.3 is 16.0 Å². The quantitative estimate of drug-likeness (QED) is 0.324. The van der Waals surface area contributed by atoms with Crippen LogP contribution in [0.25, 0.3) is 11.1 Å². The molecule has 3 N–H and O–H groups in total. The molecule has 3 aromatic rings. The van der Waals surface area contributed by atoms with E-state index in [0.717, 1.165) is 24.4 Å². The van der Waals surface area contributed by atoms with E-state index in [1.807, 2.05) is 6.07 Å². The van der Waals surface area contributed by atoms with Gasteiger partial charge in [0.25, 0.3) is 0 Å². The minimum absolute atomic E-state index is 0.156. The maximum Gasteiger partial charge on any atom is 0.334 e. The van der Waals surface area contributed by atoms with Crippen LogP contribution in [0.3, 0.4) is 0 Å². The molecule has 11 heteroatoms. The first-order valence-electron chi connectivity index (χ1n) is 12.9. The van der Waals surface area contributed by atoms with Gasteiger partial charge in [0.05, 0.1) is 22.3 Å². The average Bonchev–Trinajstić information content (AvgIpc) is 3.42. The normalized spacial score (nSPS) is 16.5. The fraction of sp³-hybridized carbons (Fsp3) is 0.321. The summed E-state index contributed by atoms with van der Waals surface area (Å²) in [5.74, 6) is -1.54. The summed E-state index contributed by atoms with van der Waals surface area (Å²) < 4.78 is 31.3. The van der Waals surface area contributed by atoms with Crippen LogP contribution in [-0.4, -0.2) is 49.8 Å². The van der Waals surface area contributed by atoms with E-state index in [1.54, 1.807) is 25.1 Å². The molecule has 3 heterocycles. The number of nitrogens with one attached hydrogen (secondary N) is 3. The molecule has 2 aliphatic heterocycles. The topological polar surface area (TPSA) is 96.3 Å². The Kier molecular flexibility index (Phi) is 7.93. The van der Waals surface area contributed by atoms with E-state index in [-0.39, 0.29) is 23.5 Å². The Labute approximate surface area is 230 Å². The molecule has 8 nitrogen and oxygen atoms in total. The highest BCUT2D eigenvalue weighted by atomic mass is 35.5. The first kappa shape index (κ1) is 26.8. The molecular formula is C28H28ClF2N7O. The number of hydrogen-bond acceptors (Lipinski definition) is 6. The Morgan fingerprint density at radius 1 is 1.18 bits per heavy atom. The fourth-order valence-electron chi connectivity index (χ4n) is 5.06. The number of carbonyl (C=O) groups excluding carboxylic acids is 1. The third-order valence-corrected chi connectivity index (χ3v) is 7.12. The largest absolute Gasteiger partial charge is 0.384 e. The molecule has 39 heavy (non-hydrogen) atoms. The number of hydrogen-bond donors (Lipinski definition) is 3. The minimum atomic E-state index is -0.921. The predicted molar refractivity (Wildman–Crippen MR) is 149 cm³/mol. The molecule has 2 amide bonds. The van der Waals surface area contributed by atoms with Gasteiger partial charge in [0.2, 0.25) is 0 Å². The average molecular weight is 552 g/mol. The number of nitriles is 1. The van der Waals surface area contributed by atoms with Gasteiger partial charge in [-0.15, -0.1) is 0 Å². The van der Waals surface area contributed by atoms with Crippen molar-refractivity contribution in [3.05, 3.63) is 64.8 Å². The Bertz CT molecular complexity index is 1410. The lowest BCUT2D eigenvalue weighted by Crippen LogP contribution is -2.41. The van der Waals surface area contributed by atoms with Crippen LogP contribution in [-0.2, 0) is 0 Å². The molecule has 1 fully saturated rings. The van der Waals surface area contributed by atoms with Gasteiger partial charge in [0, 0.05) is 55.2 Å². The van der Waals surface area contributed by atoms with Gasteiger partial charge in [0.15, 0.2) is 11.6 Å². The van der Waals surface area contributed by atoms with Crippen LogP contribution in [0.4, 0.5) is 36.5 Å². The summed E-state index contributed by atoms with van der Waals surface area (Å²) in [6, 6.07) is 10.4. The maximum absolute atomic E-state index is 15.7. The van der Waals surface area contributed by atoms with E-state index in [1.165, 1.54) is 35.7 Å². The molecule has 0 saturated carbocycles. The van der Waals surface area contributed by atoms with Gasteiger partial charge in [-0.2, -0.15) is 5.26 Å². The summed E-state index contributed by atoms with van der Waals surface area (Å²) in [6.45, 7) is 4.88. The van der Waals surface area contributed by atoms with Crippen LogP contribution in [0.2, 0.25) is 5.02 Å².